The molecular formula is C20H27N3O3. The molecule has 0 bridgehead atoms. The molecule has 0 spiro atoms. The number of ether oxygens (including phenoxy) is 3. The molecule has 1 saturated heterocycles. The number of methoxy groups -OCH3 is 3. The van der Waals surface area contributed by atoms with E-state index in [1.165, 1.54) is 5.56 Å². The predicted molar refractivity (Wildman–Crippen MR) is 101 cm³/mol. The van der Waals surface area contributed by atoms with Crippen LogP contribution < -0.4 is 19.5 Å². The fourth-order valence-corrected chi connectivity index (χ4v) is 3.53. The van der Waals surface area contributed by atoms with Crippen molar-refractivity contribution in [3.8, 4) is 17.2 Å². The van der Waals surface area contributed by atoms with E-state index in [1.54, 1.807) is 21.3 Å². The molecule has 1 aromatic heterocycles. The fourth-order valence-electron chi connectivity index (χ4n) is 3.53. The average Bonchev–Trinajstić information content (AvgIpc) is 2.69. The van der Waals surface area contributed by atoms with Gasteiger partial charge in [0.05, 0.1) is 33.1 Å². The number of aromatic nitrogens is 1. The van der Waals surface area contributed by atoms with Gasteiger partial charge in [-0.05, 0) is 36.2 Å². The maximum Gasteiger partial charge on any atom is 0.203 e. The van der Waals surface area contributed by atoms with E-state index >= 15 is 0 Å². The van der Waals surface area contributed by atoms with Gasteiger partial charge in [0.25, 0.3) is 0 Å². The Bertz CT molecular complexity index is 720. The van der Waals surface area contributed by atoms with Crippen molar-refractivity contribution in [2.24, 2.45) is 0 Å². The smallest absolute Gasteiger partial charge is 0.203 e. The largest absolute Gasteiger partial charge is 0.493 e. The van der Waals surface area contributed by atoms with E-state index in [0.717, 1.165) is 37.4 Å². The summed E-state index contributed by atoms with van der Waals surface area (Å²) < 4.78 is 16.6. The van der Waals surface area contributed by atoms with E-state index in [-0.39, 0.29) is 6.04 Å². The van der Waals surface area contributed by atoms with Gasteiger partial charge in [0.15, 0.2) is 11.5 Å². The Morgan fingerprint density at radius 3 is 2.23 bits per heavy atom. The topological polar surface area (TPSA) is 55.9 Å². The highest BCUT2D eigenvalue weighted by Crippen LogP contribution is 2.42. The minimum Gasteiger partial charge on any atom is -0.493 e. The van der Waals surface area contributed by atoms with Crippen molar-refractivity contribution in [3.05, 3.63) is 47.3 Å². The molecule has 2 aromatic rings. The van der Waals surface area contributed by atoms with Crippen LogP contribution in [0.5, 0.6) is 17.2 Å². The molecule has 2 heterocycles. The molecule has 6 nitrogen and oxygen atoms in total. The summed E-state index contributed by atoms with van der Waals surface area (Å²) in [6.07, 6.45) is 1.86. The SMILES string of the molecule is COc1cc(C(c2ncccc2C)N2CCNCC2)cc(OC)c1OC. The molecule has 6 heteroatoms. The van der Waals surface area contributed by atoms with Crippen LogP contribution in [0.15, 0.2) is 30.5 Å². The van der Waals surface area contributed by atoms with Crippen molar-refractivity contribution in [1.82, 2.24) is 15.2 Å². The summed E-state index contributed by atoms with van der Waals surface area (Å²) in [5, 5.41) is 3.42. The van der Waals surface area contributed by atoms with Crippen molar-refractivity contribution in [2.75, 3.05) is 47.5 Å². The summed E-state index contributed by atoms with van der Waals surface area (Å²) >= 11 is 0. The first kappa shape index (κ1) is 18.5. The molecular weight excluding hydrogens is 330 g/mol. The zero-order valence-electron chi connectivity index (χ0n) is 15.9. The number of hydrogen-bond donors (Lipinski definition) is 1. The Balaban J connectivity index is 2.14. The number of nitrogens with one attached hydrogen (secondary N) is 1. The molecule has 0 saturated carbocycles. The first-order chi connectivity index (χ1) is 12.7. The third kappa shape index (κ3) is 3.61. The van der Waals surface area contributed by atoms with Crippen LogP contribution in [0, 0.1) is 6.92 Å². The van der Waals surface area contributed by atoms with Crippen molar-refractivity contribution < 1.29 is 14.2 Å². The monoisotopic (exact) mass is 357 g/mol. The Hall–Kier alpha value is -2.31. The second kappa shape index (κ2) is 8.38. The van der Waals surface area contributed by atoms with Crippen molar-refractivity contribution in [2.45, 2.75) is 13.0 Å². The number of rotatable bonds is 6. The normalized spacial score (nSPS) is 16.2. The molecule has 1 fully saturated rings. The molecule has 1 aliphatic heterocycles. The molecule has 1 aromatic carbocycles. The summed E-state index contributed by atoms with van der Waals surface area (Å²) in [5.74, 6) is 1.93. The van der Waals surface area contributed by atoms with Gasteiger partial charge in [-0.3, -0.25) is 9.88 Å². The fraction of sp³-hybridized carbons (Fsp3) is 0.450. The van der Waals surface area contributed by atoms with E-state index in [4.69, 9.17) is 19.2 Å². The second-order valence-corrected chi connectivity index (χ2v) is 6.35. The molecule has 3 rings (SSSR count). The number of pyridine rings is 1. The predicted octanol–water partition coefficient (Wildman–Crippen LogP) is 2.41. The summed E-state index contributed by atoms with van der Waals surface area (Å²) in [7, 11) is 4.91. The summed E-state index contributed by atoms with van der Waals surface area (Å²) in [6.45, 7) is 5.95. The van der Waals surface area contributed by atoms with Gasteiger partial charge < -0.3 is 19.5 Å². The first-order valence-corrected chi connectivity index (χ1v) is 8.85. The Labute approximate surface area is 155 Å². The van der Waals surface area contributed by atoms with Crippen molar-refractivity contribution in [1.29, 1.82) is 0 Å². The minimum absolute atomic E-state index is 0.0343. The van der Waals surface area contributed by atoms with E-state index in [2.05, 4.69) is 23.2 Å². The lowest BCUT2D eigenvalue weighted by Crippen LogP contribution is -2.45. The average molecular weight is 357 g/mol. The van der Waals surface area contributed by atoms with Gasteiger partial charge in [-0.1, -0.05) is 6.07 Å². The molecule has 1 aliphatic rings. The summed E-state index contributed by atoms with van der Waals surface area (Å²) in [5.41, 5.74) is 3.32. The van der Waals surface area contributed by atoms with Crippen LogP contribution in [-0.4, -0.2) is 57.4 Å². The summed E-state index contributed by atoms with van der Waals surface area (Å²) in [4.78, 5) is 7.16. The molecule has 1 atom stereocenters. The van der Waals surface area contributed by atoms with Crippen LogP contribution in [0.3, 0.4) is 0 Å². The number of nitrogens with zero attached hydrogens (tertiary/aromatic N) is 2. The van der Waals surface area contributed by atoms with Gasteiger partial charge >= 0.3 is 0 Å². The van der Waals surface area contributed by atoms with Gasteiger partial charge in [-0.15, -0.1) is 0 Å². The molecule has 0 amide bonds. The van der Waals surface area contributed by atoms with Gasteiger partial charge in [-0.2, -0.15) is 0 Å². The van der Waals surface area contributed by atoms with E-state index < -0.39 is 0 Å². The molecule has 26 heavy (non-hydrogen) atoms. The minimum atomic E-state index is 0.0343. The van der Waals surface area contributed by atoms with Gasteiger partial charge in [0.1, 0.15) is 0 Å². The van der Waals surface area contributed by atoms with E-state index in [0.29, 0.717) is 17.2 Å². The Kier molecular flexibility index (Phi) is 5.96. The number of hydrogen-bond acceptors (Lipinski definition) is 6. The highest BCUT2D eigenvalue weighted by Gasteiger charge is 2.28. The van der Waals surface area contributed by atoms with Crippen LogP contribution >= 0.6 is 0 Å². The lowest BCUT2D eigenvalue weighted by atomic mass is 9.96. The second-order valence-electron chi connectivity index (χ2n) is 6.35. The quantitative estimate of drug-likeness (QED) is 0.857. The van der Waals surface area contributed by atoms with Crippen LogP contribution in [0.2, 0.25) is 0 Å². The van der Waals surface area contributed by atoms with Crippen LogP contribution in [0.1, 0.15) is 22.9 Å². The third-order valence-electron chi connectivity index (χ3n) is 4.83. The lowest BCUT2D eigenvalue weighted by molar-refractivity contribution is 0.194. The maximum absolute atomic E-state index is 5.57. The number of benzene rings is 1. The third-order valence-corrected chi connectivity index (χ3v) is 4.83. The van der Waals surface area contributed by atoms with Gasteiger partial charge in [0.2, 0.25) is 5.75 Å². The lowest BCUT2D eigenvalue weighted by Gasteiger charge is -2.35. The molecule has 140 valence electrons. The number of aryl methyl sites for hydroxylation is 1. The zero-order valence-corrected chi connectivity index (χ0v) is 15.9. The maximum atomic E-state index is 5.57. The van der Waals surface area contributed by atoms with Crippen LogP contribution in [0.4, 0.5) is 0 Å². The molecule has 0 aliphatic carbocycles. The van der Waals surface area contributed by atoms with Crippen LogP contribution in [-0.2, 0) is 0 Å². The molecule has 1 N–H and O–H groups in total. The van der Waals surface area contributed by atoms with E-state index in [1.807, 2.05) is 24.4 Å². The molecule has 0 radical (unpaired) electrons. The van der Waals surface area contributed by atoms with Gasteiger partial charge in [0, 0.05) is 32.4 Å². The van der Waals surface area contributed by atoms with Gasteiger partial charge in [-0.25, -0.2) is 0 Å². The highest BCUT2D eigenvalue weighted by atomic mass is 16.5. The highest BCUT2D eigenvalue weighted by molar-refractivity contribution is 5.55. The Morgan fingerprint density at radius 1 is 1.04 bits per heavy atom. The zero-order chi connectivity index (χ0) is 18.5. The standard InChI is InChI=1S/C20H27N3O3/c1-14-6-5-7-22-18(14)19(23-10-8-21-9-11-23)15-12-16(24-2)20(26-4)17(13-15)25-3/h5-7,12-13,19,21H,8-11H2,1-4H3. The number of piperazine rings is 1. The van der Waals surface area contributed by atoms with Crippen molar-refractivity contribution >= 4 is 0 Å². The Morgan fingerprint density at radius 2 is 1.69 bits per heavy atom. The molecule has 1 unspecified atom stereocenters. The van der Waals surface area contributed by atoms with Crippen LogP contribution in [0.25, 0.3) is 0 Å². The summed E-state index contributed by atoms with van der Waals surface area (Å²) in [6, 6.07) is 8.18. The first-order valence-electron chi connectivity index (χ1n) is 8.85. The van der Waals surface area contributed by atoms with E-state index in [9.17, 15) is 0 Å². The van der Waals surface area contributed by atoms with Crippen molar-refractivity contribution in [3.63, 3.8) is 0 Å².